The van der Waals surface area contributed by atoms with Gasteiger partial charge >= 0.3 is 0 Å². The van der Waals surface area contributed by atoms with Gasteiger partial charge in [0.25, 0.3) is 0 Å². The molecule has 0 aliphatic carbocycles. The third-order valence-corrected chi connectivity index (χ3v) is 3.65. The zero-order valence-corrected chi connectivity index (χ0v) is 11.5. The molecule has 1 aliphatic rings. The molecule has 0 unspecified atom stereocenters. The van der Waals surface area contributed by atoms with Gasteiger partial charge in [0, 0.05) is 43.4 Å². The van der Waals surface area contributed by atoms with Gasteiger partial charge in [0.1, 0.15) is 0 Å². The summed E-state index contributed by atoms with van der Waals surface area (Å²) in [6.45, 7) is 3.24. The van der Waals surface area contributed by atoms with Crippen molar-refractivity contribution in [2.24, 2.45) is 0 Å². The van der Waals surface area contributed by atoms with Crippen LogP contribution in [-0.2, 0) is 4.74 Å². The second-order valence-electron chi connectivity index (χ2n) is 4.95. The zero-order chi connectivity index (χ0) is 14.1. The summed E-state index contributed by atoms with van der Waals surface area (Å²) in [5.41, 5.74) is 3.87. The third-order valence-electron chi connectivity index (χ3n) is 3.65. The van der Waals surface area contributed by atoms with Gasteiger partial charge in [-0.3, -0.25) is 4.98 Å². The Kier molecular flexibility index (Phi) is 3.01. The van der Waals surface area contributed by atoms with Crippen LogP contribution >= 0.6 is 0 Å². The number of anilines is 1. The van der Waals surface area contributed by atoms with Gasteiger partial charge in [0.05, 0.1) is 24.6 Å². The van der Waals surface area contributed by atoms with Crippen molar-refractivity contribution in [2.75, 3.05) is 31.2 Å². The van der Waals surface area contributed by atoms with Gasteiger partial charge < -0.3 is 9.64 Å². The van der Waals surface area contributed by atoms with Crippen LogP contribution in [0.2, 0.25) is 0 Å². The molecular formula is C15H15N5O. The fourth-order valence-electron chi connectivity index (χ4n) is 2.59. The number of hydrogen-bond donors (Lipinski definition) is 0. The first-order valence-electron chi connectivity index (χ1n) is 6.99. The van der Waals surface area contributed by atoms with E-state index in [1.54, 1.807) is 12.4 Å². The minimum Gasteiger partial charge on any atom is -0.378 e. The molecule has 4 rings (SSSR count). The summed E-state index contributed by atoms with van der Waals surface area (Å²) in [4.78, 5) is 10.9. The quantitative estimate of drug-likeness (QED) is 0.714. The molecule has 0 radical (unpaired) electrons. The second kappa shape index (κ2) is 5.14. The van der Waals surface area contributed by atoms with E-state index in [2.05, 4.69) is 26.0 Å². The Morgan fingerprint density at radius 1 is 1.14 bits per heavy atom. The van der Waals surface area contributed by atoms with Gasteiger partial charge in [-0.1, -0.05) is 0 Å². The summed E-state index contributed by atoms with van der Waals surface area (Å²) in [5, 5.41) is 4.62. The molecule has 3 aromatic rings. The molecule has 0 spiro atoms. The Labute approximate surface area is 122 Å². The number of rotatable bonds is 2. The van der Waals surface area contributed by atoms with Gasteiger partial charge in [-0.25, -0.2) is 9.50 Å². The molecule has 0 amide bonds. The van der Waals surface area contributed by atoms with E-state index in [-0.39, 0.29) is 0 Å². The van der Waals surface area contributed by atoms with E-state index in [4.69, 9.17) is 4.74 Å². The Bertz CT molecular complexity index is 749. The van der Waals surface area contributed by atoms with Crippen molar-refractivity contribution in [1.82, 2.24) is 19.6 Å². The Morgan fingerprint density at radius 2 is 2.05 bits per heavy atom. The number of pyridine rings is 1. The van der Waals surface area contributed by atoms with E-state index in [1.807, 2.05) is 29.0 Å². The average Bonchev–Trinajstić information content (AvgIpc) is 3.04. The molecule has 3 aromatic heterocycles. The summed E-state index contributed by atoms with van der Waals surface area (Å²) in [6.07, 6.45) is 7.24. The maximum atomic E-state index is 5.44. The number of ether oxygens (including phenoxy) is 1. The van der Waals surface area contributed by atoms with Crippen molar-refractivity contribution in [3.63, 3.8) is 0 Å². The van der Waals surface area contributed by atoms with Crippen LogP contribution in [-0.4, -0.2) is 45.9 Å². The number of fused-ring (bicyclic) bond motifs is 1. The highest BCUT2D eigenvalue weighted by atomic mass is 16.5. The third kappa shape index (κ3) is 2.23. The van der Waals surface area contributed by atoms with Gasteiger partial charge in [-0.15, -0.1) is 0 Å². The predicted octanol–water partition coefficient (Wildman–Crippen LogP) is 1.63. The molecule has 0 N–H and O–H groups in total. The topological polar surface area (TPSA) is 55.5 Å². The predicted molar refractivity (Wildman–Crippen MR) is 79.3 cm³/mol. The summed E-state index contributed by atoms with van der Waals surface area (Å²) in [6, 6.07) is 6.02. The van der Waals surface area contributed by atoms with Crippen molar-refractivity contribution in [3.8, 4) is 11.3 Å². The molecule has 4 heterocycles. The lowest BCUT2D eigenvalue weighted by atomic mass is 10.2. The van der Waals surface area contributed by atoms with Gasteiger partial charge in [-0.2, -0.15) is 5.10 Å². The number of nitrogens with zero attached hydrogens (tertiary/aromatic N) is 5. The summed E-state index contributed by atoms with van der Waals surface area (Å²) in [7, 11) is 0. The van der Waals surface area contributed by atoms with Crippen LogP contribution in [0.15, 0.2) is 43.0 Å². The zero-order valence-electron chi connectivity index (χ0n) is 11.5. The second-order valence-corrected chi connectivity index (χ2v) is 4.95. The van der Waals surface area contributed by atoms with Crippen LogP contribution in [0, 0.1) is 0 Å². The fraction of sp³-hybridized carbons (Fsp3) is 0.267. The Balaban J connectivity index is 1.86. The maximum Gasteiger partial charge on any atom is 0.177 e. The number of aromatic nitrogens is 4. The highest BCUT2D eigenvalue weighted by molar-refractivity contribution is 5.74. The molecule has 0 aromatic carbocycles. The lowest BCUT2D eigenvalue weighted by Crippen LogP contribution is -2.36. The molecule has 0 bridgehead atoms. The van der Waals surface area contributed by atoms with Crippen molar-refractivity contribution >= 4 is 11.3 Å². The number of imidazole rings is 1. The largest absolute Gasteiger partial charge is 0.378 e. The summed E-state index contributed by atoms with van der Waals surface area (Å²) < 4.78 is 7.26. The highest BCUT2D eigenvalue weighted by Crippen LogP contribution is 2.26. The number of morpholine rings is 1. The van der Waals surface area contributed by atoms with E-state index in [1.165, 1.54) is 0 Å². The standard InChI is InChI=1S/C15H15N5O/c1-2-12(11-16-3-1)13-10-14(19-6-8-21-9-7-19)15-17-4-5-20(15)18-13/h1-5,10-11H,6-9H2. The molecular weight excluding hydrogens is 266 g/mol. The SMILES string of the molecule is c1cncc(-c2cc(N3CCOCC3)c3nccn3n2)c1. The summed E-state index contributed by atoms with van der Waals surface area (Å²) in [5.74, 6) is 0. The first-order chi connectivity index (χ1) is 10.4. The monoisotopic (exact) mass is 281 g/mol. The molecule has 6 nitrogen and oxygen atoms in total. The molecule has 6 heteroatoms. The minimum atomic E-state index is 0.747. The maximum absolute atomic E-state index is 5.44. The van der Waals surface area contributed by atoms with Crippen molar-refractivity contribution in [2.45, 2.75) is 0 Å². The minimum absolute atomic E-state index is 0.747. The van der Waals surface area contributed by atoms with Crippen LogP contribution in [0.4, 0.5) is 5.69 Å². The fourth-order valence-corrected chi connectivity index (χ4v) is 2.59. The molecule has 1 saturated heterocycles. The first-order valence-corrected chi connectivity index (χ1v) is 6.99. The average molecular weight is 281 g/mol. The van der Waals surface area contributed by atoms with E-state index in [0.29, 0.717) is 0 Å². The van der Waals surface area contributed by atoms with E-state index in [9.17, 15) is 0 Å². The van der Waals surface area contributed by atoms with Crippen molar-refractivity contribution in [1.29, 1.82) is 0 Å². The molecule has 1 aliphatic heterocycles. The summed E-state index contributed by atoms with van der Waals surface area (Å²) >= 11 is 0. The van der Waals surface area contributed by atoms with Crippen LogP contribution < -0.4 is 4.90 Å². The highest BCUT2D eigenvalue weighted by Gasteiger charge is 2.17. The van der Waals surface area contributed by atoms with Crippen molar-refractivity contribution < 1.29 is 4.74 Å². The van der Waals surface area contributed by atoms with Crippen LogP contribution in [0.3, 0.4) is 0 Å². The number of hydrogen-bond acceptors (Lipinski definition) is 5. The van der Waals surface area contributed by atoms with Crippen LogP contribution in [0.25, 0.3) is 16.9 Å². The smallest absolute Gasteiger partial charge is 0.177 e. The van der Waals surface area contributed by atoms with Crippen LogP contribution in [0.1, 0.15) is 0 Å². The van der Waals surface area contributed by atoms with Gasteiger partial charge in [0.15, 0.2) is 5.65 Å². The molecule has 21 heavy (non-hydrogen) atoms. The van der Waals surface area contributed by atoms with E-state index >= 15 is 0 Å². The molecule has 1 fully saturated rings. The van der Waals surface area contributed by atoms with Crippen molar-refractivity contribution in [3.05, 3.63) is 43.0 Å². The Morgan fingerprint density at radius 3 is 2.86 bits per heavy atom. The van der Waals surface area contributed by atoms with Gasteiger partial charge in [0.2, 0.25) is 0 Å². The molecule has 106 valence electrons. The first kappa shape index (κ1) is 12.3. The van der Waals surface area contributed by atoms with E-state index < -0.39 is 0 Å². The molecule has 0 saturated carbocycles. The lowest BCUT2D eigenvalue weighted by Gasteiger charge is -2.29. The molecule has 0 atom stereocenters. The van der Waals surface area contributed by atoms with Crippen LogP contribution in [0.5, 0.6) is 0 Å². The normalized spacial score (nSPS) is 15.5. The van der Waals surface area contributed by atoms with E-state index in [0.717, 1.165) is 48.9 Å². The lowest BCUT2D eigenvalue weighted by molar-refractivity contribution is 0.123. The van der Waals surface area contributed by atoms with Gasteiger partial charge in [-0.05, 0) is 18.2 Å². The Hall–Kier alpha value is -2.47.